The Morgan fingerprint density at radius 2 is 1.96 bits per heavy atom. The van der Waals surface area contributed by atoms with Gasteiger partial charge in [0, 0.05) is 18.8 Å². The molecule has 0 saturated carbocycles. The number of hydrogen-bond donors (Lipinski definition) is 2. The Kier molecular flexibility index (Phi) is 5.18. The lowest BCUT2D eigenvalue weighted by atomic mass is 10.0. The standard InChI is InChI=1S/C16H14F3N3O2/c17-16(18,19)12-5-1-3-10(7-12)8-13(14(20)23)22-15(24)11-4-2-6-21-9-11/h1-7,9,13H,8H2,(H2,20,23)(H,22,24)/t13-/m0/s1. The first-order valence-corrected chi connectivity index (χ1v) is 6.93. The molecule has 0 aliphatic heterocycles. The van der Waals surface area contributed by atoms with E-state index in [1.54, 1.807) is 6.07 Å². The summed E-state index contributed by atoms with van der Waals surface area (Å²) in [7, 11) is 0. The summed E-state index contributed by atoms with van der Waals surface area (Å²) in [5.41, 5.74) is 4.86. The molecule has 0 aliphatic rings. The quantitative estimate of drug-likeness (QED) is 0.874. The number of carbonyl (C=O) groups excluding carboxylic acids is 2. The second-order valence-corrected chi connectivity index (χ2v) is 5.07. The lowest BCUT2D eigenvalue weighted by molar-refractivity contribution is -0.137. The molecular weight excluding hydrogens is 323 g/mol. The van der Waals surface area contributed by atoms with Gasteiger partial charge >= 0.3 is 6.18 Å². The molecule has 1 aromatic heterocycles. The summed E-state index contributed by atoms with van der Waals surface area (Å²) in [5.74, 6) is -1.43. The van der Waals surface area contributed by atoms with Crippen LogP contribution in [0.3, 0.4) is 0 Å². The summed E-state index contributed by atoms with van der Waals surface area (Å²) < 4.78 is 38.2. The van der Waals surface area contributed by atoms with Crippen LogP contribution in [0.5, 0.6) is 0 Å². The van der Waals surface area contributed by atoms with Gasteiger partial charge in [0.05, 0.1) is 11.1 Å². The van der Waals surface area contributed by atoms with Gasteiger partial charge in [-0.05, 0) is 23.8 Å². The van der Waals surface area contributed by atoms with Gasteiger partial charge in [-0.15, -0.1) is 0 Å². The third-order valence-corrected chi connectivity index (χ3v) is 3.27. The first-order valence-electron chi connectivity index (χ1n) is 6.93. The van der Waals surface area contributed by atoms with Gasteiger partial charge < -0.3 is 11.1 Å². The minimum atomic E-state index is -4.49. The van der Waals surface area contributed by atoms with E-state index in [0.717, 1.165) is 12.1 Å². The van der Waals surface area contributed by atoms with Crippen molar-refractivity contribution in [1.82, 2.24) is 10.3 Å². The predicted molar refractivity (Wildman–Crippen MR) is 79.8 cm³/mol. The lowest BCUT2D eigenvalue weighted by Gasteiger charge is -2.16. The number of nitrogens with one attached hydrogen (secondary N) is 1. The molecule has 0 spiro atoms. The van der Waals surface area contributed by atoms with Gasteiger partial charge in [0.25, 0.3) is 5.91 Å². The van der Waals surface area contributed by atoms with Crippen molar-refractivity contribution in [2.24, 2.45) is 5.73 Å². The van der Waals surface area contributed by atoms with Crippen LogP contribution in [0.1, 0.15) is 21.5 Å². The molecule has 0 aliphatic carbocycles. The molecule has 0 fully saturated rings. The fourth-order valence-electron chi connectivity index (χ4n) is 2.07. The monoisotopic (exact) mass is 337 g/mol. The van der Waals surface area contributed by atoms with Crippen LogP contribution in [0.2, 0.25) is 0 Å². The molecule has 1 atom stereocenters. The third kappa shape index (κ3) is 4.55. The fourth-order valence-corrected chi connectivity index (χ4v) is 2.07. The molecule has 24 heavy (non-hydrogen) atoms. The zero-order chi connectivity index (χ0) is 17.7. The third-order valence-electron chi connectivity index (χ3n) is 3.27. The molecule has 0 unspecified atom stereocenters. The first kappa shape index (κ1) is 17.5. The number of hydrogen-bond acceptors (Lipinski definition) is 3. The van der Waals surface area contributed by atoms with Crippen molar-refractivity contribution < 1.29 is 22.8 Å². The predicted octanol–water partition coefficient (Wildman–Crippen LogP) is 1.93. The van der Waals surface area contributed by atoms with E-state index in [0.29, 0.717) is 0 Å². The summed E-state index contributed by atoms with van der Waals surface area (Å²) in [4.78, 5) is 27.3. The van der Waals surface area contributed by atoms with Gasteiger partial charge in [0.1, 0.15) is 6.04 Å². The molecule has 1 aromatic carbocycles. The van der Waals surface area contributed by atoms with E-state index in [-0.39, 0.29) is 17.5 Å². The highest BCUT2D eigenvalue weighted by Crippen LogP contribution is 2.29. The number of primary amides is 1. The lowest BCUT2D eigenvalue weighted by Crippen LogP contribution is -2.45. The highest BCUT2D eigenvalue weighted by Gasteiger charge is 2.30. The average Bonchev–Trinajstić information content (AvgIpc) is 2.54. The largest absolute Gasteiger partial charge is 0.416 e. The van der Waals surface area contributed by atoms with E-state index in [4.69, 9.17) is 5.73 Å². The first-order chi connectivity index (χ1) is 11.3. The van der Waals surface area contributed by atoms with Gasteiger partial charge in [-0.3, -0.25) is 14.6 Å². The van der Waals surface area contributed by atoms with Crippen LogP contribution in [0, 0.1) is 0 Å². The number of nitrogens with zero attached hydrogens (tertiary/aromatic N) is 1. The van der Waals surface area contributed by atoms with E-state index in [9.17, 15) is 22.8 Å². The topological polar surface area (TPSA) is 85.1 Å². The highest BCUT2D eigenvalue weighted by molar-refractivity contribution is 5.97. The number of halogens is 3. The second-order valence-electron chi connectivity index (χ2n) is 5.07. The number of alkyl halides is 3. The summed E-state index contributed by atoms with van der Waals surface area (Å²) in [5, 5.41) is 2.40. The van der Waals surface area contributed by atoms with Crippen molar-refractivity contribution in [2.75, 3.05) is 0 Å². The van der Waals surface area contributed by atoms with Gasteiger partial charge in [-0.1, -0.05) is 18.2 Å². The van der Waals surface area contributed by atoms with Crippen LogP contribution < -0.4 is 11.1 Å². The SMILES string of the molecule is NC(=O)[C@H](Cc1cccc(C(F)(F)F)c1)NC(=O)c1cccnc1. The van der Waals surface area contributed by atoms with E-state index < -0.39 is 29.6 Å². The number of carbonyl (C=O) groups is 2. The number of nitrogens with two attached hydrogens (primary N) is 1. The Balaban J connectivity index is 2.15. The summed E-state index contributed by atoms with van der Waals surface area (Å²) in [6.45, 7) is 0. The van der Waals surface area contributed by atoms with E-state index in [1.807, 2.05) is 0 Å². The molecule has 5 nitrogen and oxygen atoms in total. The van der Waals surface area contributed by atoms with Crippen molar-refractivity contribution >= 4 is 11.8 Å². The van der Waals surface area contributed by atoms with Gasteiger partial charge in [0.15, 0.2) is 0 Å². The smallest absolute Gasteiger partial charge is 0.368 e. The molecule has 2 aromatic rings. The van der Waals surface area contributed by atoms with Gasteiger partial charge in [-0.2, -0.15) is 13.2 Å². The van der Waals surface area contributed by atoms with Crippen molar-refractivity contribution in [2.45, 2.75) is 18.6 Å². The number of aromatic nitrogens is 1. The Hall–Kier alpha value is -2.90. The van der Waals surface area contributed by atoms with Crippen LogP contribution in [0.15, 0.2) is 48.8 Å². The van der Waals surface area contributed by atoms with E-state index >= 15 is 0 Å². The zero-order valence-electron chi connectivity index (χ0n) is 12.4. The Morgan fingerprint density at radius 3 is 2.54 bits per heavy atom. The summed E-state index contributed by atoms with van der Waals surface area (Å²) in [6, 6.07) is 6.41. The Morgan fingerprint density at radius 1 is 1.21 bits per heavy atom. The normalized spacial score (nSPS) is 12.5. The van der Waals surface area contributed by atoms with E-state index in [2.05, 4.69) is 10.3 Å². The van der Waals surface area contributed by atoms with Crippen LogP contribution in [0.25, 0.3) is 0 Å². The Labute approximate surface area is 135 Å². The van der Waals surface area contributed by atoms with Crippen LogP contribution in [-0.2, 0) is 17.4 Å². The molecule has 3 N–H and O–H groups in total. The van der Waals surface area contributed by atoms with Crippen molar-refractivity contribution in [3.63, 3.8) is 0 Å². The van der Waals surface area contributed by atoms with Crippen LogP contribution in [0.4, 0.5) is 13.2 Å². The van der Waals surface area contributed by atoms with E-state index in [1.165, 1.54) is 30.6 Å². The maximum absolute atomic E-state index is 12.7. The van der Waals surface area contributed by atoms with Crippen molar-refractivity contribution in [3.05, 3.63) is 65.5 Å². The molecule has 0 radical (unpaired) electrons. The molecule has 0 bridgehead atoms. The molecule has 1 heterocycles. The van der Waals surface area contributed by atoms with Crippen molar-refractivity contribution in [1.29, 1.82) is 0 Å². The summed E-state index contributed by atoms with van der Waals surface area (Å²) >= 11 is 0. The number of benzene rings is 1. The molecule has 0 saturated heterocycles. The maximum Gasteiger partial charge on any atom is 0.416 e. The highest BCUT2D eigenvalue weighted by atomic mass is 19.4. The minimum Gasteiger partial charge on any atom is -0.368 e. The van der Waals surface area contributed by atoms with Crippen LogP contribution >= 0.6 is 0 Å². The maximum atomic E-state index is 12.7. The fraction of sp³-hybridized carbons (Fsp3) is 0.188. The minimum absolute atomic E-state index is 0.148. The molecule has 2 rings (SSSR count). The molecule has 2 amide bonds. The van der Waals surface area contributed by atoms with Gasteiger partial charge in [-0.25, -0.2) is 0 Å². The average molecular weight is 337 g/mol. The number of pyridine rings is 1. The number of rotatable bonds is 5. The molecule has 126 valence electrons. The Bertz CT molecular complexity index is 733. The summed E-state index contributed by atoms with van der Waals surface area (Å²) in [6.07, 6.45) is -1.86. The number of amides is 2. The van der Waals surface area contributed by atoms with Crippen LogP contribution in [-0.4, -0.2) is 22.8 Å². The van der Waals surface area contributed by atoms with Gasteiger partial charge in [0.2, 0.25) is 5.91 Å². The zero-order valence-corrected chi connectivity index (χ0v) is 12.4. The second kappa shape index (κ2) is 7.12. The van der Waals surface area contributed by atoms with Crippen molar-refractivity contribution in [3.8, 4) is 0 Å². The molecule has 8 heteroatoms. The molecular formula is C16H14F3N3O2.